The number of phenolic OH excluding ortho intramolecular Hbond substituents is 1. The van der Waals surface area contributed by atoms with Crippen molar-refractivity contribution in [3.8, 4) is 5.75 Å². The molecule has 4 rings (SSSR count). The lowest BCUT2D eigenvalue weighted by molar-refractivity contribution is 0.0682. The molecule has 7 heteroatoms. The number of carboxylic acid groups (broad SMARTS) is 2. The maximum absolute atomic E-state index is 10.7. The zero-order chi connectivity index (χ0) is 26.3. The smallest absolute Gasteiger partial charge is 0.354 e. The monoisotopic (exact) mass is 492 g/mol. The van der Waals surface area contributed by atoms with Gasteiger partial charge in [0.2, 0.25) is 0 Å². The van der Waals surface area contributed by atoms with Crippen LogP contribution >= 0.6 is 0 Å². The number of nitrogens with one attached hydrogen (secondary N) is 1. The van der Waals surface area contributed by atoms with E-state index in [9.17, 15) is 14.7 Å². The van der Waals surface area contributed by atoms with Crippen LogP contribution in [-0.4, -0.2) is 45.3 Å². The minimum Gasteiger partial charge on any atom is -0.508 e. The minimum atomic E-state index is -0.937. The Morgan fingerprint density at radius 3 is 2.17 bits per heavy atom. The summed E-state index contributed by atoms with van der Waals surface area (Å²) in [5.74, 6) is -1.50. The van der Waals surface area contributed by atoms with Gasteiger partial charge in [-0.05, 0) is 92.6 Å². The average molecular weight is 493 g/mol. The number of para-hydroxylation sites is 1. The molecule has 2 aromatic carbocycles. The summed E-state index contributed by atoms with van der Waals surface area (Å²) >= 11 is 0. The highest BCUT2D eigenvalue weighted by atomic mass is 16.4. The van der Waals surface area contributed by atoms with Gasteiger partial charge in [0.25, 0.3) is 0 Å². The summed E-state index contributed by atoms with van der Waals surface area (Å²) in [7, 11) is 0. The largest absolute Gasteiger partial charge is 0.508 e. The SMILES string of the molecule is CC.O=C(O)c1ccc(CCNCCc2ccccc2O)cc1.O=C(O)c1ccc2c(n1)CCCC2. The predicted molar refractivity (Wildman–Crippen MR) is 141 cm³/mol. The van der Waals surface area contributed by atoms with E-state index in [0.717, 1.165) is 62.0 Å². The lowest BCUT2D eigenvalue weighted by atomic mass is 9.96. The maximum atomic E-state index is 10.7. The van der Waals surface area contributed by atoms with Gasteiger partial charge in [-0.15, -0.1) is 0 Å². The van der Waals surface area contributed by atoms with Crippen molar-refractivity contribution in [2.24, 2.45) is 0 Å². The summed E-state index contributed by atoms with van der Waals surface area (Å²) in [6, 6.07) is 17.8. The Hall–Kier alpha value is -3.71. The van der Waals surface area contributed by atoms with Gasteiger partial charge in [0.15, 0.2) is 0 Å². The fourth-order valence-electron chi connectivity index (χ4n) is 3.82. The Bertz CT molecular complexity index is 1110. The van der Waals surface area contributed by atoms with E-state index in [1.807, 2.05) is 50.2 Å². The summed E-state index contributed by atoms with van der Waals surface area (Å²) < 4.78 is 0. The molecular weight excluding hydrogens is 456 g/mol. The molecule has 1 heterocycles. The molecular formula is C29H36N2O5. The van der Waals surface area contributed by atoms with E-state index in [1.165, 1.54) is 12.0 Å². The van der Waals surface area contributed by atoms with Crippen LogP contribution in [0.25, 0.3) is 0 Å². The van der Waals surface area contributed by atoms with Gasteiger partial charge in [-0.2, -0.15) is 0 Å². The Morgan fingerprint density at radius 2 is 1.50 bits per heavy atom. The Morgan fingerprint density at radius 1 is 0.833 bits per heavy atom. The second kappa shape index (κ2) is 15.3. The first-order chi connectivity index (χ1) is 17.4. The molecule has 4 N–H and O–H groups in total. The molecule has 0 spiro atoms. The average Bonchev–Trinajstić information content (AvgIpc) is 2.91. The standard InChI is InChI=1S/C17H19NO3.C10H11NO2.C2H6/c19-16-4-2-1-3-14(16)10-12-18-11-9-13-5-7-15(8-6-13)17(20)21;12-10(13)9-6-5-7-3-1-2-4-8(7)11-9;1-2/h1-8,18-19H,9-12H2,(H,20,21);5-6H,1-4H2,(H,12,13);1-2H3. The molecule has 0 amide bonds. The Kier molecular flexibility index (Phi) is 12.1. The third-order valence-corrected chi connectivity index (χ3v) is 5.75. The van der Waals surface area contributed by atoms with E-state index < -0.39 is 11.9 Å². The number of aromatic hydroxyl groups is 1. The van der Waals surface area contributed by atoms with E-state index in [-0.39, 0.29) is 5.69 Å². The zero-order valence-corrected chi connectivity index (χ0v) is 21.0. The van der Waals surface area contributed by atoms with Gasteiger partial charge in [0, 0.05) is 5.69 Å². The van der Waals surface area contributed by atoms with Crippen LogP contribution in [-0.2, 0) is 25.7 Å². The number of carbonyl (C=O) groups is 2. The summed E-state index contributed by atoms with van der Waals surface area (Å²) in [4.78, 5) is 25.5. The van der Waals surface area contributed by atoms with Crippen LogP contribution in [0.5, 0.6) is 5.75 Å². The van der Waals surface area contributed by atoms with Crippen molar-refractivity contribution in [1.29, 1.82) is 0 Å². The van der Waals surface area contributed by atoms with Crippen molar-refractivity contribution in [2.45, 2.75) is 52.4 Å². The normalized spacial score (nSPS) is 11.7. The number of pyridine rings is 1. The first-order valence-electron chi connectivity index (χ1n) is 12.5. The molecule has 192 valence electrons. The molecule has 0 saturated carbocycles. The fraction of sp³-hybridized carbons (Fsp3) is 0.345. The quantitative estimate of drug-likeness (QED) is 0.321. The number of carboxylic acids is 2. The molecule has 0 atom stereocenters. The van der Waals surface area contributed by atoms with Crippen molar-refractivity contribution < 1.29 is 24.9 Å². The second-order valence-electron chi connectivity index (χ2n) is 8.20. The van der Waals surface area contributed by atoms with E-state index in [0.29, 0.717) is 11.3 Å². The van der Waals surface area contributed by atoms with Crippen LogP contribution in [0.1, 0.15) is 69.9 Å². The highest BCUT2D eigenvalue weighted by Crippen LogP contribution is 2.19. The molecule has 0 radical (unpaired) electrons. The van der Waals surface area contributed by atoms with Crippen LogP contribution in [0, 0.1) is 0 Å². The molecule has 7 nitrogen and oxygen atoms in total. The van der Waals surface area contributed by atoms with Crippen molar-refractivity contribution in [3.63, 3.8) is 0 Å². The number of phenols is 1. The molecule has 1 aliphatic carbocycles. The number of aryl methyl sites for hydroxylation is 2. The first-order valence-corrected chi connectivity index (χ1v) is 12.5. The van der Waals surface area contributed by atoms with Gasteiger partial charge in [0.05, 0.1) is 5.56 Å². The van der Waals surface area contributed by atoms with Crippen molar-refractivity contribution in [1.82, 2.24) is 10.3 Å². The van der Waals surface area contributed by atoms with Crippen molar-refractivity contribution in [2.75, 3.05) is 13.1 Å². The predicted octanol–water partition coefficient (Wildman–Crippen LogP) is 5.15. The summed E-state index contributed by atoms with van der Waals surface area (Å²) in [6.45, 7) is 5.62. The van der Waals surface area contributed by atoms with Gasteiger partial charge >= 0.3 is 11.9 Å². The van der Waals surface area contributed by atoms with Crippen LogP contribution in [0.3, 0.4) is 0 Å². The van der Waals surface area contributed by atoms with Crippen molar-refractivity contribution >= 4 is 11.9 Å². The highest BCUT2D eigenvalue weighted by Gasteiger charge is 2.13. The third kappa shape index (κ3) is 9.15. The summed E-state index contributed by atoms with van der Waals surface area (Å²) in [5.41, 5.74) is 4.72. The van der Waals surface area contributed by atoms with Gasteiger partial charge in [-0.3, -0.25) is 0 Å². The molecule has 36 heavy (non-hydrogen) atoms. The molecule has 0 unspecified atom stereocenters. The molecule has 1 aliphatic rings. The number of aromatic carboxylic acids is 2. The number of aromatic nitrogens is 1. The maximum Gasteiger partial charge on any atom is 0.354 e. The van der Waals surface area contributed by atoms with Crippen LogP contribution < -0.4 is 5.32 Å². The lowest BCUT2D eigenvalue weighted by Gasteiger charge is -2.14. The minimum absolute atomic E-state index is 0.167. The first kappa shape index (κ1) is 28.5. The lowest BCUT2D eigenvalue weighted by Crippen LogP contribution is -2.20. The van der Waals surface area contributed by atoms with E-state index in [2.05, 4.69) is 10.3 Å². The second-order valence-corrected chi connectivity index (χ2v) is 8.20. The number of hydrogen-bond donors (Lipinski definition) is 4. The highest BCUT2D eigenvalue weighted by molar-refractivity contribution is 5.87. The summed E-state index contributed by atoms with van der Waals surface area (Å²) in [6.07, 6.45) is 5.92. The number of fused-ring (bicyclic) bond motifs is 1. The van der Waals surface area contributed by atoms with Crippen LogP contribution in [0.15, 0.2) is 60.7 Å². The molecule has 0 bridgehead atoms. The zero-order valence-electron chi connectivity index (χ0n) is 21.0. The van der Waals surface area contributed by atoms with E-state index >= 15 is 0 Å². The molecule has 0 fully saturated rings. The molecule has 0 saturated heterocycles. The van der Waals surface area contributed by atoms with Gasteiger partial charge in [-0.1, -0.05) is 50.2 Å². The van der Waals surface area contributed by atoms with Gasteiger partial charge in [0.1, 0.15) is 11.4 Å². The van der Waals surface area contributed by atoms with E-state index in [4.69, 9.17) is 10.2 Å². The van der Waals surface area contributed by atoms with Gasteiger partial charge < -0.3 is 20.6 Å². The topological polar surface area (TPSA) is 120 Å². The molecule has 3 aromatic rings. The number of hydrogen-bond acceptors (Lipinski definition) is 5. The number of rotatable bonds is 8. The summed E-state index contributed by atoms with van der Waals surface area (Å²) in [5, 5.41) is 30.5. The van der Waals surface area contributed by atoms with Crippen LogP contribution in [0.2, 0.25) is 0 Å². The Balaban J connectivity index is 0.000000260. The Labute approximate surface area is 212 Å². The molecule has 0 aliphatic heterocycles. The van der Waals surface area contributed by atoms with Crippen LogP contribution in [0.4, 0.5) is 0 Å². The number of nitrogens with zero attached hydrogens (tertiary/aromatic N) is 1. The fourth-order valence-corrected chi connectivity index (χ4v) is 3.82. The van der Waals surface area contributed by atoms with Crippen molar-refractivity contribution in [3.05, 3.63) is 94.3 Å². The number of benzene rings is 2. The third-order valence-electron chi connectivity index (χ3n) is 5.75. The van der Waals surface area contributed by atoms with Gasteiger partial charge in [-0.25, -0.2) is 14.6 Å². The van der Waals surface area contributed by atoms with E-state index in [1.54, 1.807) is 24.3 Å². The molecule has 1 aromatic heterocycles.